The van der Waals surface area contributed by atoms with Gasteiger partial charge in [-0.25, -0.2) is 4.98 Å². The SMILES string of the molecule is [2H]c1c([2H])c(Cn2c(CN3CCCC3)nc3c([2H])c([2H])c([2H])c([2H])c32)c([2H])c([2H])c1Cl. The first kappa shape index (κ1) is 8.32. The number of hydrogen-bond donors (Lipinski definition) is 0. The number of imidazole rings is 1. The van der Waals surface area contributed by atoms with E-state index in [0.29, 0.717) is 12.4 Å². The Morgan fingerprint density at radius 1 is 1.00 bits per heavy atom. The van der Waals surface area contributed by atoms with E-state index in [1.54, 1.807) is 4.57 Å². The summed E-state index contributed by atoms with van der Waals surface area (Å²) in [4.78, 5) is 6.70. The molecule has 118 valence electrons. The molecule has 0 amide bonds. The maximum absolute atomic E-state index is 8.40. The van der Waals surface area contributed by atoms with E-state index in [4.69, 9.17) is 22.6 Å². The van der Waals surface area contributed by atoms with Crippen LogP contribution in [0, 0.1) is 0 Å². The van der Waals surface area contributed by atoms with E-state index in [2.05, 4.69) is 9.88 Å². The van der Waals surface area contributed by atoms with E-state index >= 15 is 0 Å². The van der Waals surface area contributed by atoms with Crippen LogP contribution in [0.1, 0.15) is 35.2 Å². The highest BCUT2D eigenvalue weighted by Crippen LogP contribution is 2.21. The van der Waals surface area contributed by atoms with Gasteiger partial charge in [0.2, 0.25) is 0 Å². The molecule has 2 aromatic carbocycles. The Morgan fingerprint density at radius 2 is 1.74 bits per heavy atom. The van der Waals surface area contributed by atoms with Crippen LogP contribution in [0.3, 0.4) is 0 Å². The lowest BCUT2D eigenvalue weighted by Crippen LogP contribution is -2.21. The van der Waals surface area contributed by atoms with Crippen LogP contribution in [0.25, 0.3) is 11.0 Å². The smallest absolute Gasteiger partial charge is 0.124 e. The van der Waals surface area contributed by atoms with Gasteiger partial charge in [0.15, 0.2) is 0 Å². The van der Waals surface area contributed by atoms with E-state index in [0.717, 1.165) is 25.9 Å². The van der Waals surface area contributed by atoms with Crippen LogP contribution in [0.4, 0.5) is 0 Å². The molecule has 0 aliphatic carbocycles. The summed E-state index contributed by atoms with van der Waals surface area (Å²) in [6.07, 6.45) is 2.10. The fourth-order valence-electron chi connectivity index (χ4n) is 2.89. The summed E-state index contributed by atoms with van der Waals surface area (Å²) in [6.45, 7) is 2.05. The minimum Gasteiger partial charge on any atom is -0.322 e. The van der Waals surface area contributed by atoms with Gasteiger partial charge < -0.3 is 4.57 Å². The number of likely N-dealkylation sites (tertiary alicyclic amines) is 1. The van der Waals surface area contributed by atoms with E-state index in [1.807, 2.05) is 0 Å². The Labute approximate surface area is 152 Å². The molecule has 1 saturated heterocycles. The van der Waals surface area contributed by atoms with Crippen molar-refractivity contribution >= 4 is 22.6 Å². The average Bonchev–Trinajstić information content (AvgIpc) is 3.39. The lowest BCUT2D eigenvalue weighted by molar-refractivity contribution is 0.318. The molecule has 4 heteroatoms. The molecule has 0 unspecified atom stereocenters. The lowest BCUT2D eigenvalue weighted by atomic mass is 10.2. The maximum atomic E-state index is 8.40. The third kappa shape index (κ3) is 3.12. The Hall–Kier alpha value is -1.84. The number of benzene rings is 2. The lowest BCUT2D eigenvalue weighted by Gasteiger charge is -2.16. The number of aromatic nitrogens is 2. The third-order valence-corrected chi connectivity index (χ3v) is 4.19. The quantitative estimate of drug-likeness (QED) is 0.708. The van der Waals surface area contributed by atoms with Crippen molar-refractivity contribution in [2.45, 2.75) is 25.9 Å². The normalized spacial score (nSPS) is 20.4. The van der Waals surface area contributed by atoms with Crippen molar-refractivity contribution in [3.63, 3.8) is 0 Å². The van der Waals surface area contributed by atoms with Gasteiger partial charge in [-0.1, -0.05) is 35.8 Å². The summed E-state index contributed by atoms with van der Waals surface area (Å²) in [5, 5.41) is -0.256. The van der Waals surface area contributed by atoms with Crippen molar-refractivity contribution < 1.29 is 11.0 Å². The number of nitrogens with zero attached hydrogens (tertiary/aromatic N) is 3. The van der Waals surface area contributed by atoms with Crippen molar-refractivity contribution in [3.05, 3.63) is 64.7 Å². The molecule has 4 rings (SSSR count). The van der Waals surface area contributed by atoms with Crippen LogP contribution in [0.2, 0.25) is 5.02 Å². The Morgan fingerprint density at radius 3 is 2.52 bits per heavy atom. The molecule has 0 spiro atoms. The topological polar surface area (TPSA) is 21.1 Å². The predicted molar refractivity (Wildman–Crippen MR) is 94.8 cm³/mol. The van der Waals surface area contributed by atoms with Crippen LogP contribution >= 0.6 is 11.6 Å². The van der Waals surface area contributed by atoms with Crippen LogP contribution < -0.4 is 0 Å². The van der Waals surface area contributed by atoms with E-state index in [-0.39, 0.29) is 76.5 Å². The zero-order chi connectivity index (χ0) is 22.6. The summed E-state index contributed by atoms with van der Waals surface area (Å²) < 4.78 is 66.8. The van der Waals surface area contributed by atoms with Crippen molar-refractivity contribution in [2.75, 3.05) is 13.1 Å². The zero-order valence-electron chi connectivity index (χ0n) is 20.5. The van der Waals surface area contributed by atoms with Gasteiger partial charge in [-0.3, -0.25) is 4.90 Å². The molecule has 3 aromatic rings. The van der Waals surface area contributed by atoms with Crippen LogP contribution in [0.15, 0.2) is 48.3 Å². The molecule has 1 aromatic heterocycles. The molecule has 1 fully saturated rings. The third-order valence-electron chi connectivity index (χ3n) is 4.00. The maximum Gasteiger partial charge on any atom is 0.124 e. The Bertz CT molecular complexity index is 1170. The minimum atomic E-state index is -0.387. The largest absolute Gasteiger partial charge is 0.322 e. The monoisotopic (exact) mass is 333 g/mol. The van der Waals surface area contributed by atoms with Gasteiger partial charge in [0.05, 0.1) is 28.5 Å². The standard InChI is InChI=1S/C19H20ClN3/c20-16-9-7-15(8-10-16)13-23-18-6-2-1-5-17(18)21-19(23)14-22-11-3-4-12-22/h1-2,5-10H,3-4,11-14H2/i1D,2D,5D,6D,7D,8D,9D,10D. The molecule has 0 atom stereocenters. The predicted octanol–water partition coefficient (Wildman–Crippen LogP) is 4.33. The second kappa shape index (κ2) is 6.34. The van der Waals surface area contributed by atoms with Gasteiger partial charge >= 0.3 is 0 Å². The Balaban J connectivity index is 1.96. The van der Waals surface area contributed by atoms with Gasteiger partial charge in [-0.05, 0) is 55.7 Å². The van der Waals surface area contributed by atoms with Crippen molar-refractivity contribution in [3.8, 4) is 0 Å². The summed E-state index contributed by atoms with van der Waals surface area (Å²) in [5.41, 5.74) is 0.408. The molecule has 0 N–H and O–H groups in total. The molecule has 0 saturated carbocycles. The molecular weight excluding hydrogens is 306 g/mol. The summed E-state index contributed by atoms with van der Waals surface area (Å²) in [5.74, 6) is 0.496. The van der Waals surface area contributed by atoms with Crippen LogP contribution in [-0.2, 0) is 13.1 Å². The zero-order valence-corrected chi connectivity index (χ0v) is 13.2. The highest BCUT2D eigenvalue weighted by molar-refractivity contribution is 6.30. The van der Waals surface area contributed by atoms with Crippen molar-refractivity contribution in [1.82, 2.24) is 14.5 Å². The number of fused-ring (bicyclic) bond motifs is 1. The second-order valence-electron chi connectivity index (χ2n) is 5.59. The van der Waals surface area contributed by atoms with E-state index in [9.17, 15) is 0 Å². The first-order valence-electron chi connectivity index (χ1n) is 11.6. The number of para-hydroxylation sites is 2. The van der Waals surface area contributed by atoms with Gasteiger partial charge in [-0.15, -0.1) is 0 Å². The summed E-state index contributed by atoms with van der Waals surface area (Å²) in [6, 6.07) is -2.49. The highest BCUT2D eigenvalue weighted by atomic mass is 35.5. The molecule has 1 aliphatic rings. The average molecular weight is 334 g/mol. The molecule has 23 heavy (non-hydrogen) atoms. The first-order valence-corrected chi connectivity index (χ1v) is 7.93. The van der Waals surface area contributed by atoms with Gasteiger partial charge in [0, 0.05) is 11.6 Å². The highest BCUT2D eigenvalue weighted by Gasteiger charge is 2.17. The van der Waals surface area contributed by atoms with Gasteiger partial charge in [-0.2, -0.15) is 0 Å². The second-order valence-corrected chi connectivity index (χ2v) is 5.97. The number of hydrogen-bond acceptors (Lipinski definition) is 2. The van der Waals surface area contributed by atoms with Gasteiger partial charge in [0.1, 0.15) is 5.82 Å². The molecule has 3 nitrogen and oxygen atoms in total. The molecule has 0 radical (unpaired) electrons. The van der Waals surface area contributed by atoms with E-state index in [1.165, 1.54) is 0 Å². The molecular formula is C19H20ClN3. The number of halogens is 1. The Kier molecular flexibility index (Phi) is 2.29. The van der Waals surface area contributed by atoms with Crippen LogP contribution in [-0.4, -0.2) is 27.5 Å². The first-order chi connectivity index (χ1) is 14.6. The van der Waals surface area contributed by atoms with Crippen molar-refractivity contribution in [2.24, 2.45) is 0 Å². The van der Waals surface area contributed by atoms with E-state index < -0.39 is 0 Å². The number of rotatable bonds is 4. The minimum absolute atomic E-state index is 0.0915. The van der Waals surface area contributed by atoms with Crippen LogP contribution in [0.5, 0.6) is 0 Å². The van der Waals surface area contributed by atoms with Gasteiger partial charge in [0.25, 0.3) is 0 Å². The fourth-order valence-corrected chi connectivity index (χ4v) is 2.98. The van der Waals surface area contributed by atoms with Crippen molar-refractivity contribution in [1.29, 1.82) is 0 Å². The molecule has 2 heterocycles. The molecule has 1 aliphatic heterocycles. The summed E-state index contributed by atoms with van der Waals surface area (Å²) >= 11 is 5.92. The molecule has 0 bridgehead atoms. The fraction of sp³-hybridized carbons (Fsp3) is 0.316. The summed E-state index contributed by atoms with van der Waals surface area (Å²) in [7, 11) is 0.